The number of carbonyl (C=O) groups excluding carboxylic acids is 4. The Hall–Kier alpha value is -2.94. The van der Waals surface area contributed by atoms with Crippen molar-refractivity contribution in [2.45, 2.75) is 53.8 Å². The van der Waals surface area contributed by atoms with Gasteiger partial charge in [-0.05, 0) is 89.1 Å². The summed E-state index contributed by atoms with van der Waals surface area (Å²) in [7, 11) is 0. The predicted octanol–water partition coefficient (Wildman–Crippen LogP) is -1.79. The molecule has 2 aromatic carbocycles. The van der Waals surface area contributed by atoms with E-state index in [9.17, 15) is 29.4 Å². The van der Waals surface area contributed by atoms with E-state index in [1.807, 2.05) is 0 Å². The Bertz CT molecular complexity index is 1390. The predicted molar refractivity (Wildman–Crippen MR) is 189 cm³/mol. The van der Waals surface area contributed by atoms with Crippen molar-refractivity contribution in [2.24, 2.45) is 0 Å². The van der Waals surface area contributed by atoms with Gasteiger partial charge in [0, 0.05) is 10.0 Å². The fourth-order valence-corrected chi connectivity index (χ4v) is 5.53. The quantitative estimate of drug-likeness (QED) is 0.0894. The zero-order valence-corrected chi connectivity index (χ0v) is 33.4. The van der Waals surface area contributed by atoms with Gasteiger partial charge < -0.3 is 54.0 Å². The molecule has 0 aliphatic rings. The maximum absolute atomic E-state index is 13.5. The van der Waals surface area contributed by atoms with Gasteiger partial charge in [-0.2, -0.15) is 0 Å². The van der Waals surface area contributed by atoms with Crippen molar-refractivity contribution < 1.29 is 82.1 Å². The van der Waals surface area contributed by atoms with Gasteiger partial charge in [0.2, 0.25) is 0 Å². The van der Waals surface area contributed by atoms with E-state index in [1.54, 1.807) is 77.9 Å². The molecule has 12 nitrogen and oxygen atoms in total. The van der Waals surface area contributed by atoms with Crippen molar-refractivity contribution in [3.63, 3.8) is 0 Å². The molecule has 16 heteroatoms. The number of halogens is 4. The van der Waals surface area contributed by atoms with Crippen LogP contribution in [0.3, 0.4) is 0 Å². The van der Waals surface area contributed by atoms with Crippen molar-refractivity contribution >= 4 is 47.0 Å². The third-order valence-corrected chi connectivity index (χ3v) is 9.54. The van der Waals surface area contributed by atoms with Crippen LogP contribution in [0.4, 0.5) is 0 Å². The van der Waals surface area contributed by atoms with Gasteiger partial charge >= 0.3 is 23.8 Å². The molecule has 2 atom stereocenters. The van der Waals surface area contributed by atoms with Crippen molar-refractivity contribution in [1.29, 1.82) is 0 Å². The Balaban J connectivity index is 0.0000130. The number of esters is 2. The molecule has 2 rings (SSSR count). The Labute approximate surface area is 328 Å². The summed E-state index contributed by atoms with van der Waals surface area (Å²) in [5.41, 5.74) is 1.58. The second-order valence-electron chi connectivity index (χ2n) is 12.0. The minimum Gasteiger partial charge on any atom is -1.00 e. The van der Waals surface area contributed by atoms with E-state index >= 15 is 0 Å². The van der Waals surface area contributed by atoms with Gasteiger partial charge in [-0.3, -0.25) is 8.97 Å². The molecule has 0 aliphatic carbocycles. The number of benzene rings is 2. The number of hydrogen-bond donors (Lipinski definition) is 2. The van der Waals surface area contributed by atoms with Gasteiger partial charge in [0.25, 0.3) is 0 Å². The van der Waals surface area contributed by atoms with Crippen molar-refractivity contribution in [1.82, 2.24) is 0 Å². The number of hydrogen-bond acceptors (Lipinski definition) is 10. The highest BCUT2D eigenvalue weighted by Crippen LogP contribution is 2.22. The van der Waals surface area contributed by atoms with Crippen LogP contribution >= 0.6 is 23.2 Å². The van der Waals surface area contributed by atoms with Crippen LogP contribution in [-0.2, 0) is 28.7 Å². The molecule has 2 amide bonds. The summed E-state index contributed by atoms with van der Waals surface area (Å²) in [5.74, 6) is -1.31. The molecule has 0 saturated carbocycles. The molecule has 0 aliphatic heterocycles. The number of carbonyl (C=O) groups is 4. The van der Waals surface area contributed by atoms with Gasteiger partial charge in [-0.15, -0.1) is 0 Å². The minimum absolute atomic E-state index is 0. The maximum Gasteiger partial charge on any atom is 0.344 e. The number of rotatable bonds is 20. The molecule has 0 fully saturated rings. The molecule has 0 saturated heterocycles. The van der Waals surface area contributed by atoms with E-state index < -0.39 is 36.0 Å². The van der Waals surface area contributed by atoms with Crippen LogP contribution in [0.2, 0.25) is 10.0 Å². The lowest BCUT2D eigenvalue weighted by Crippen LogP contribution is -3.00. The average Bonchev–Trinajstić information content (AvgIpc) is 3.10. The summed E-state index contributed by atoms with van der Waals surface area (Å²) < 4.78 is 20.8. The Morgan fingerprint density at radius 1 is 0.654 bits per heavy atom. The smallest absolute Gasteiger partial charge is 0.344 e. The van der Waals surface area contributed by atoms with E-state index in [0.717, 1.165) is 11.1 Å². The standard InChI is InChI=1S/C36H50Cl2N2O10.2ClH/c1-7-39(8-2,19-27(41)21-49-35(45)23-47-29-11-13-31(37)25(5)17-29)33(43)15-16-34(44)40(9-3,10-4)20-28(42)22-50-36(46)24-48-30-12-14-32(38)26(6)18-30;;/h11-18,27-28,41-42H,7-10,19-24H2,1-6H3;2*1H/q+2;;/p-2/b16-15+;;. The van der Waals surface area contributed by atoms with Crippen LogP contribution in [0.1, 0.15) is 38.8 Å². The first kappa shape index (κ1) is 49.1. The van der Waals surface area contributed by atoms with E-state index in [2.05, 4.69) is 0 Å². The zero-order chi connectivity index (χ0) is 37.5. The minimum atomic E-state index is -1.16. The summed E-state index contributed by atoms with van der Waals surface area (Å²) in [6, 6.07) is 9.94. The molecule has 0 bridgehead atoms. The second-order valence-corrected chi connectivity index (χ2v) is 12.8. The van der Waals surface area contributed by atoms with Gasteiger partial charge in [0.1, 0.15) is 50.0 Å². The lowest BCUT2D eigenvalue weighted by Gasteiger charge is -2.35. The summed E-state index contributed by atoms with van der Waals surface area (Å²) in [6.45, 7) is 10.5. The van der Waals surface area contributed by atoms with E-state index in [4.69, 9.17) is 42.1 Å². The highest BCUT2D eigenvalue weighted by atomic mass is 35.5. The third-order valence-electron chi connectivity index (χ3n) is 8.69. The van der Waals surface area contributed by atoms with E-state index in [-0.39, 0.29) is 73.3 Å². The number of aryl methyl sites for hydroxylation is 2. The molecule has 0 heterocycles. The lowest BCUT2D eigenvalue weighted by atomic mass is 10.2. The number of ether oxygens (including phenoxy) is 4. The highest BCUT2D eigenvalue weighted by molar-refractivity contribution is 6.31. The van der Waals surface area contributed by atoms with Crippen LogP contribution in [0.25, 0.3) is 0 Å². The van der Waals surface area contributed by atoms with Crippen molar-refractivity contribution in [3.05, 3.63) is 69.7 Å². The lowest BCUT2D eigenvalue weighted by molar-refractivity contribution is -0.853. The van der Waals surface area contributed by atoms with E-state index in [0.29, 0.717) is 47.7 Å². The van der Waals surface area contributed by atoms with Crippen LogP contribution in [-0.4, -0.2) is 121 Å². The fourth-order valence-electron chi connectivity index (χ4n) is 5.30. The first-order valence-electron chi connectivity index (χ1n) is 16.6. The summed E-state index contributed by atoms with van der Waals surface area (Å²) in [5, 5.41) is 22.6. The fraction of sp³-hybridized carbons (Fsp3) is 0.500. The molecule has 52 heavy (non-hydrogen) atoms. The number of nitrogens with zero attached hydrogens (tertiary/aromatic N) is 2. The number of amides is 2. The normalized spacial score (nSPS) is 12.6. The van der Waals surface area contributed by atoms with E-state index in [1.165, 1.54) is 12.2 Å². The molecular formula is C36H50Cl4N2O10. The molecule has 292 valence electrons. The Morgan fingerprint density at radius 2 is 0.981 bits per heavy atom. The summed E-state index contributed by atoms with van der Waals surface area (Å²) >= 11 is 12.0. The largest absolute Gasteiger partial charge is 1.00 e. The van der Waals surface area contributed by atoms with Crippen LogP contribution in [0.5, 0.6) is 11.5 Å². The molecule has 0 spiro atoms. The molecule has 2 unspecified atom stereocenters. The number of aliphatic hydroxyl groups excluding tert-OH is 2. The maximum atomic E-state index is 13.5. The molecular weight excluding hydrogens is 762 g/mol. The first-order valence-corrected chi connectivity index (χ1v) is 17.3. The Morgan fingerprint density at radius 3 is 1.27 bits per heavy atom. The molecule has 0 radical (unpaired) electrons. The van der Waals surface area contributed by atoms with Crippen LogP contribution in [0, 0.1) is 13.8 Å². The van der Waals surface area contributed by atoms with Gasteiger partial charge in [0.05, 0.1) is 38.3 Å². The topological polar surface area (TPSA) is 146 Å². The SMILES string of the molecule is CC[N+](CC)(CC(O)COC(=O)COc1ccc(Cl)c(C)c1)C(=O)/C=C/C(=O)[N+](CC)(CC)CC(O)COC(=O)COc1ccc(Cl)c(C)c1.[Cl-].[Cl-]. The number of quaternary nitrogens is 2. The Kier molecular flexibility index (Phi) is 22.3. The molecule has 0 aromatic heterocycles. The van der Waals surface area contributed by atoms with Gasteiger partial charge in [-0.1, -0.05) is 23.2 Å². The number of aliphatic hydroxyl groups is 2. The van der Waals surface area contributed by atoms with Crippen LogP contribution < -0.4 is 34.3 Å². The van der Waals surface area contributed by atoms with Crippen molar-refractivity contribution in [3.8, 4) is 11.5 Å². The zero-order valence-electron chi connectivity index (χ0n) is 30.4. The average molecular weight is 813 g/mol. The monoisotopic (exact) mass is 810 g/mol. The van der Waals surface area contributed by atoms with Crippen molar-refractivity contribution in [2.75, 3.05) is 65.7 Å². The van der Waals surface area contributed by atoms with Gasteiger partial charge in [0.15, 0.2) is 13.2 Å². The first-order chi connectivity index (χ1) is 23.6. The van der Waals surface area contributed by atoms with Gasteiger partial charge in [-0.25, -0.2) is 19.2 Å². The molecule has 2 aromatic rings. The highest BCUT2D eigenvalue weighted by Gasteiger charge is 2.37. The second kappa shape index (κ2) is 23.7. The summed E-state index contributed by atoms with van der Waals surface area (Å²) in [6.07, 6.45) is 0.0569. The van der Waals surface area contributed by atoms with Crippen LogP contribution in [0.15, 0.2) is 48.6 Å². The number of likely N-dealkylation sites (N-methyl/N-ethyl adjacent to an activating group) is 2. The third kappa shape index (κ3) is 14.8. The summed E-state index contributed by atoms with van der Waals surface area (Å²) in [4.78, 5) is 51.4. The molecule has 2 N–H and O–H groups in total.